The maximum absolute atomic E-state index is 13.8. The van der Waals surface area contributed by atoms with Gasteiger partial charge in [-0.1, -0.05) is 31.5 Å². The summed E-state index contributed by atoms with van der Waals surface area (Å²) >= 11 is 0. The standard InChI is InChI=1S/C43H51N3O5S/c1-4-5-23-49-25-26-51-38-15-10-33(11-16-38)34-12-19-42-36(27-34)28-35(8-6-22-46(42)29-39-9-7-24-50-39)43(47)45-37-13-17-40(18-14-37)52(48)30-41-31(2)20-21-44-32(41)3/h10-21,27-28,39H,4-9,22-26,29-30H2,1-3H3,(H,45,47)/b35-28+/t39-,52+/m0/s1. The van der Waals surface area contributed by atoms with Gasteiger partial charge in [-0.15, -0.1) is 0 Å². The van der Waals surface area contributed by atoms with Crippen molar-refractivity contribution in [3.63, 3.8) is 0 Å². The molecule has 274 valence electrons. The number of nitrogens with one attached hydrogen (secondary N) is 1. The quantitative estimate of drug-likeness (QED) is 0.123. The Morgan fingerprint density at radius 1 is 0.981 bits per heavy atom. The Labute approximate surface area is 311 Å². The maximum Gasteiger partial charge on any atom is 0.251 e. The van der Waals surface area contributed by atoms with Crippen LogP contribution >= 0.6 is 0 Å². The Morgan fingerprint density at radius 3 is 2.54 bits per heavy atom. The van der Waals surface area contributed by atoms with Gasteiger partial charge in [0.2, 0.25) is 0 Å². The topological polar surface area (TPSA) is 90.0 Å². The highest BCUT2D eigenvalue weighted by molar-refractivity contribution is 7.84. The van der Waals surface area contributed by atoms with Crippen LogP contribution in [-0.4, -0.2) is 60.7 Å². The number of nitrogens with zero attached hydrogens (tertiary/aromatic N) is 2. The summed E-state index contributed by atoms with van der Waals surface area (Å²) in [5.74, 6) is 1.09. The van der Waals surface area contributed by atoms with Crippen LogP contribution in [0.25, 0.3) is 17.2 Å². The van der Waals surface area contributed by atoms with E-state index in [-0.39, 0.29) is 12.0 Å². The summed E-state index contributed by atoms with van der Waals surface area (Å²) in [5.41, 5.74) is 8.67. The monoisotopic (exact) mass is 721 g/mol. The second-order valence-electron chi connectivity index (χ2n) is 13.6. The van der Waals surface area contributed by atoms with Gasteiger partial charge < -0.3 is 24.4 Å². The molecule has 1 fully saturated rings. The van der Waals surface area contributed by atoms with Crippen molar-refractivity contribution in [3.05, 3.63) is 107 Å². The summed E-state index contributed by atoms with van der Waals surface area (Å²) < 4.78 is 30.8. The molecule has 0 bridgehead atoms. The van der Waals surface area contributed by atoms with Crippen LogP contribution in [-0.2, 0) is 30.8 Å². The van der Waals surface area contributed by atoms with E-state index in [0.717, 1.165) is 114 Å². The van der Waals surface area contributed by atoms with Crippen molar-refractivity contribution < 1.29 is 23.2 Å². The molecule has 52 heavy (non-hydrogen) atoms. The minimum Gasteiger partial charge on any atom is -0.491 e. The first-order valence-corrected chi connectivity index (χ1v) is 19.9. The Kier molecular flexibility index (Phi) is 13.3. The fourth-order valence-corrected chi connectivity index (χ4v) is 8.06. The van der Waals surface area contributed by atoms with E-state index in [4.69, 9.17) is 14.2 Å². The second kappa shape index (κ2) is 18.4. The van der Waals surface area contributed by atoms with Crippen molar-refractivity contribution in [1.29, 1.82) is 0 Å². The molecule has 2 aliphatic heterocycles. The molecule has 0 unspecified atom stereocenters. The van der Waals surface area contributed by atoms with Crippen molar-refractivity contribution in [2.45, 2.75) is 76.0 Å². The smallest absolute Gasteiger partial charge is 0.251 e. The van der Waals surface area contributed by atoms with Crippen molar-refractivity contribution in [2.75, 3.05) is 49.7 Å². The number of carbonyl (C=O) groups excluding carboxylic acids is 1. The Balaban J connectivity index is 1.18. The van der Waals surface area contributed by atoms with Crippen LogP contribution < -0.4 is 15.0 Å². The Hall–Kier alpha value is -4.31. The van der Waals surface area contributed by atoms with E-state index in [2.05, 4.69) is 52.5 Å². The van der Waals surface area contributed by atoms with Crippen LogP contribution in [0.15, 0.2) is 89.5 Å². The van der Waals surface area contributed by atoms with Crippen LogP contribution in [0.2, 0.25) is 0 Å². The first-order valence-electron chi connectivity index (χ1n) is 18.6. The van der Waals surface area contributed by atoms with E-state index < -0.39 is 10.8 Å². The predicted octanol–water partition coefficient (Wildman–Crippen LogP) is 8.67. The number of fused-ring (bicyclic) bond motifs is 1. The van der Waals surface area contributed by atoms with Gasteiger partial charge in [-0.25, -0.2) is 0 Å². The predicted molar refractivity (Wildman–Crippen MR) is 210 cm³/mol. The van der Waals surface area contributed by atoms with Gasteiger partial charge in [0.25, 0.3) is 5.91 Å². The number of aromatic nitrogens is 1. The third kappa shape index (κ3) is 9.97. The van der Waals surface area contributed by atoms with Gasteiger partial charge in [0.05, 0.1) is 29.3 Å². The molecule has 0 aliphatic carbocycles. The number of amides is 1. The Bertz CT molecular complexity index is 1830. The van der Waals surface area contributed by atoms with Gasteiger partial charge in [-0.3, -0.25) is 14.0 Å². The van der Waals surface area contributed by atoms with E-state index in [0.29, 0.717) is 31.1 Å². The van der Waals surface area contributed by atoms with E-state index >= 15 is 0 Å². The molecule has 2 aliphatic rings. The summed E-state index contributed by atoms with van der Waals surface area (Å²) in [4.78, 5) is 21.3. The molecule has 0 spiro atoms. The van der Waals surface area contributed by atoms with Crippen LogP contribution in [0.5, 0.6) is 5.75 Å². The molecular weight excluding hydrogens is 671 g/mol. The molecule has 2 atom stereocenters. The molecule has 6 rings (SSSR count). The van der Waals surface area contributed by atoms with Gasteiger partial charge in [-0.2, -0.15) is 0 Å². The molecule has 4 aromatic rings. The number of hydrogen-bond donors (Lipinski definition) is 1. The van der Waals surface area contributed by atoms with Crippen LogP contribution in [0, 0.1) is 13.8 Å². The van der Waals surface area contributed by atoms with Gasteiger partial charge in [0.1, 0.15) is 12.4 Å². The third-order valence-corrected chi connectivity index (χ3v) is 11.1. The molecule has 1 amide bonds. The average Bonchev–Trinajstić information content (AvgIpc) is 3.66. The maximum atomic E-state index is 13.8. The number of unbranched alkanes of at least 4 members (excludes halogenated alkanes) is 1. The number of hydrogen-bond acceptors (Lipinski definition) is 7. The SMILES string of the molecule is CCCCOCCOc1ccc(-c2ccc3c(c2)/C=C(/C(=O)Nc2ccc([S@](=O)Cc4c(C)ccnc4C)cc2)CCCN3C[C@@H]2CCCO2)cc1. The number of ether oxygens (including phenoxy) is 3. The minimum absolute atomic E-state index is 0.125. The highest BCUT2D eigenvalue weighted by Gasteiger charge is 2.24. The van der Waals surface area contributed by atoms with Gasteiger partial charge >= 0.3 is 0 Å². The molecule has 0 radical (unpaired) electrons. The summed E-state index contributed by atoms with van der Waals surface area (Å²) in [6.45, 7) is 10.5. The fourth-order valence-electron chi connectivity index (χ4n) is 6.75. The van der Waals surface area contributed by atoms with E-state index in [1.165, 1.54) is 0 Å². The molecular formula is C43H51N3O5S. The highest BCUT2D eigenvalue weighted by atomic mass is 32.2. The fraction of sp³-hybridized carbons (Fsp3) is 0.395. The molecule has 0 saturated carbocycles. The molecule has 3 heterocycles. The van der Waals surface area contributed by atoms with Gasteiger partial charge in [-0.05, 0) is 134 Å². The molecule has 1 N–H and O–H groups in total. The summed E-state index contributed by atoms with van der Waals surface area (Å²) in [6.07, 6.45) is 9.90. The van der Waals surface area contributed by atoms with Crippen LogP contribution in [0.1, 0.15) is 67.8 Å². The van der Waals surface area contributed by atoms with E-state index in [1.54, 1.807) is 6.20 Å². The van der Waals surface area contributed by atoms with Crippen molar-refractivity contribution in [3.8, 4) is 16.9 Å². The first kappa shape index (κ1) is 37.4. The Morgan fingerprint density at radius 2 is 1.79 bits per heavy atom. The number of aryl methyl sites for hydroxylation is 2. The minimum atomic E-state index is -1.23. The van der Waals surface area contributed by atoms with Crippen LogP contribution in [0.3, 0.4) is 0 Å². The molecule has 1 saturated heterocycles. The van der Waals surface area contributed by atoms with Crippen molar-refractivity contribution in [2.24, 2.45) is 0 Å². The summed E-state index contributed by atoms with van der Waals surface area (Å²) in [6, 6.07) is 24.0. The van der Waals surface area contributed by atoms with E-state index in [9.17, 15) is 9.00 Å². The highest BCUT2D eigenvalue weighted by Crippen LogP contribution is 2.34. The lowest BCUT2D eigenvalue weighted by atomic mass is 9.96. The molecule has 3 aromatic carbocycles. The molecule has 1 aromatic heterocycles. The number of anilines is 2. The summed E-state index contributed by atoms with van der Waals surface area (Å²) in [5, 5.41) is 3.11. The lowest BCUT2D eigenvalue weighted by molar-refractivity contribution is -0.112. The zero-order valence-corrected chi connectivity index (χ0v) is 31.5. The lowest BCUT2D eigenvalue weighted by Crippen LogP contribution is -2.34. The average molecular weight is 722 g/mol. The number of carbonyl (C=O) groups is 1. The number of rotatable bonds is 15. The van der Waals surface area contributed by atoms with Gasteiger partial charge in [0.15, 0.2) is 0 Å². The van der Waals surface area contributed by atoms with Gasteiger partial charge in [0, 0.05) is 60.0 Å². The van der Waals surface area contributed by atoms with Crippen molar-refractivity contribution in [1.82, 2.24) is 4.98 Å². The zero-order valence-electron chi connectivity index (χ0n) is 30.7. The summed E-state index contributed by atoms with van der Waals surface area (Å²) in [7, 11) is -1.23. The largest absolute Gasteiger partial charge is 0.491 e. The number of pyridine rings is 1. The zero-order chi connectivity index (χ0) is 36.3. The second-order valence-corrected chi connectivity index (χ2v) is 15.1. The van der Waals surface area contributed by atoms with E-state index in [1.807, 2.05) is 62.4 Å². The third-order valence-electron chi connectivity index (χ3n) is 9.79. The lowest BCUT2D eigenvalue weighted by Gasteiger charge is -2.31. The first-order chi connectivity index (χ1) is 25.4. The van der Waals surface area contributed by atoms with Crippen molar-refractivity contribution >= 4 is 34.2 Å². The normalized spacial score (nSPS) is 17.4. The molecule has 8 nitrogen and oxygen atoms in total. The van der Waals surface area contributed by atoms with Crippen LogP contribution in [0.4, 0.5) is 11.4 Å². The number of benzene rings is 3. The molecule has 9 heteroatoms.